The Hall–Kier alpha value is -4.11. The van der Waals surface area contributed by atoms with E-state index in [1.54, 1.807) is 4.57 Å². The van der Waals surface area contributed by atoms with Crippen molar-refractivity contribution in [3.8, 4) is 28.6 Å². The van der Waals surface area contributed by atoms with Crippen molar-refractivity contribution in [1.82, 2.24) is 14.3 Å². The van der Waals surface area contributed by atoms with Crippen molar-refractivity contribution >= 4 is 0 Å². The van der Waals surface area contributed by atoms with E-state index in [2.05, 4.69) is 26.8 Å². The normalized spacial score (nSPS) is 13.7. The van der Waals surface area contributed by atoms with E-state index in [1.807, 2.05) is 66.7 Å². The topological polar surface area (TPSA) is 72.8 Å². The molecule has 6 heteroatoms. The third-order valence-electron chi connectivity index (χ3n) is 6.64. The van der Waals surface area contributed by atoms with Crippen LogP contribution in [0.15, 0.2) is 71.5 Å². The Morgan fingerprint density at radius 1 is 1.08 bits per heavy atom. The third-order valence-corrected chi connectivity index (χ3v) is 6.64. The lowest BCUT2D eigenvalue weighted by Gasteiger charge is -2.16. The number of nitriles is 1. The molecule has 0 fully saturated rings. The molecule has 5 rings (SSSR count). The van der Waals surface area contributed by atoms with Crippen LogP contribution in [0.5, 0.6) is 5.75 Å². The van der Waals surface area contributed by atoms with Crippen LogP contribution in [-0.2, 0) is 19.4 Å². The summed E-state index contributed by atoms with van der Waals surface area (Å²) in [6.45, 7) is 6.72. The maximum absolute atomic E-state index is 13.6. The van der Waals surface area contributed by atoms with E-state index in [0.29, 0.717) is 12.1 Å². The van der Waals surface area contributed by atoms with Crippen LogP contribution in [0.4, 0.5) is 0 Å². The van der Waals surface area contributed by atoms with E-state index in [-0.39, 0.29) is 11.3 Å². The Morgan fingerprint density at radius 3 is 2.61 bits per heavy atom. The van der Waals surface area contributed by atoms with Crippen molar-refractivity contribution in [3.63, 3.8) is 0 Å². The Morgan fingerprint density at radius 2 is 1.86 bits per heavy atom. The molecular formula is C30H30N4O2. The number of fused-ring (bicyclic) bond motifs is 1. The number of ether oxygens (including phenoxy) is 1. The summed E-state index contributed by atoms with van der Waals surface area (Å²) in [4.78, 5) is 13.6. The second-order valence-electron chi connectivity index (χ2n) is 9.99. The van der Waals surface area contributed by atoms with Gasteiger partial charge in [0.1, 0.15) is 17.2 Å². The molecule has 0 radical (unpaired) electrons. The fourth-order valence-electron chi connectivity index (χ4n) is 4.82. The minimum absolute atomic E-state index is 0.141. The molecule has 36 heavy (non-hydrogen) atoms. The van der Waals surface area contributed by atoms with Crippen LogP contribution in [0.1, 0.15) is 56.1 Å². The molecule has 4 aromatic rings. The van der Waals surface area contributed by atoms with E-state index in [4.69, 9.17) is 9.84 Å². The molecule has 1 aliphatic rings. The molecule has 0 aliphatic carbocycles. The summed E-state index contributed by atoms with van der Waals surface area (Å²) in [7, 11) is 0. The molecule has 0 unspecified atom stereocenters. The molecule has 0 N–H and O–H groups in total. The first kappa shape index (κ1) is 23.6. The Balaban J connectivity index is 1.47. The van der Waals surface area contributed by atoms with Gasteiger partial charge in [-0.25, -0.2) is 4.79 Å². The number of aromatic nitrogens is 3. The lowest BCUT2D eigenvalue weighted by atomic mass is 9.99. The number of nitrogens with zero attached hydrogens (tertiary/aromatic N) is 4. The summed E-state index contributed by atoms with van der Waals surface area (Å²) in [5, 5.41) is 14.2. The summed E-state index contributed by atoms with van der Waals surface area (Å²) in [5.74, 6) is 1.67. The number of hydrogen-bond acceptors (Lipinski definition) is 4. The zero-order chi connectivity index (χ0) is 25.3. The average molecular weight is 479 g/mol. The van der Waals surface area contributed by atoms with Gasteiger partial charge in [0.25, 0.3) is 0 Å². The Bertz CT molecular complexity index is 1500. The van der Waals surface area contributed by atoms with Crippen LogP contribution >= 0.6 is 0 Å². The van der Waals surface area contributed by atoms with Gasteiger partial charge in [-0.2, -0.15) is 9.94 Å². The van der Waals surface area contributed by atoms with E-state index in [0.717, 1.165) is 65.2 Å². The highest BCUT2D eigenvalue weighted by Gasteiger charge is 2.30. The van der Waals surface area contributed by atoms with Gasteiger partial charge >= 0.3 is 5.69 Å². The maximum atomic E-state index is 13.6. The quantitative estimate of drug-likeness (QED) is 0.343. The van der Waals surface area contributed by atoms with Crippen LogP contribution in [0.25, 0.3) is 16.8 Å². The van der Waals surface area contributed by atoms with Gasteiger partial charge in [-0.1, -0.05) is 55.8 Å². The number of hydrogen-bond donors (Lipinski definition) is 0. The highest BCUT2D eigenvalue weighted by atomic mass is 16.5. The molecule has 2 heterocycles. The third kappa shape index (κ3) is 4.57. The molecule has 6 nitrogen and oxygen atoms in total. The van der Waals surface area contributed by atoms with Crippen LogP contribution in [-0.4, -0.2) is 19.9 Å². The largest absolute Gasteiger partial charge is 0.487 e. The molecule has 0 spiro atoms. The highest BCUT2D eigenvalue weighted by molar-refractivity contribution is 5.70. The number of unbranched alkanes of at least 4 members (excludes halogenated alkanes) is 1. The van der Waals surface area contributed by atoms with Crippen molar-refractivity contribution in [2.45, 2.75) is 58.6 Å². The lowest BCUT2D eigenvalue weighted by molar-refractivity contribution is 0.138. The smallest absolute Gasteiger partial charge is 0.351 e. The first-order valence-electron chi connectivity index (χ1n) is 12.5. The van der Waals surface area contributed by atoms with Gasteiger partial charge < -0.3 is 4.74 Å². The first-order valence-corrected chi connectivity index (χ1v) is 12.5. The van der Waals surface area contributed by atoms with Crippen molar-refractivity contribution in [2.75, 3.05) is 0 Å². The molecule has 0 amide bonds. The van der Waals surface area contributed by atoms with E-state index < -0.39 is 0 Å². The number of aryl methyl sites for hydroxylation is 1. The molecular weight excluding hydrogens is 448 g/mol. The van der Waals surface area contributed by atoms with Crippen molar-refractivity contribution in [1.29, 1.82) is 5.26 Å². The standard InChI is InChI=1S/C30H30N4O2/c1-4-5-10-28-32-34(25-15-16-27-24(17-25)18-30(2,3)36-27)29(35)33(28)20-21-11-13-22(14-12-21)26-9-7-6-8-23(26)19-31/h6-9,11-17H,4-5,10,18,20H2,1-3H3. The van der Waals surface area contributed by atoms with Crippen LogP contribution in [0, 0.1) is 11.3 Å². The van der Waals surface area contributed by atoms with Gasteiger partial charge in [0.15, 0.2) is 0 Å². The Kier molecular flexibility index (Phi) is 6.24. The second-order valence-corrected chi connectivity index (χ2v) is 9.99. The maximum Gasteiger partial charge on any atom is 0.351 e. The van der Waals surface area contributed by atoms with E-state index in [1.165, 1.54) is 4.68 Å². The minimum atomic E-state index is -0.239. The summed E-state index contributed by atoms with van der Waals surface area (Å²) in [6.07, 6.45) is 3.54. The van der Waals surface area contributed by atoms with E-state index in [9.17, 15) is 10.1 Å². The summed E-state index contributed by atoms with van der Waals surface area (Å²) in [5.41, 5.74) is 5.03. The fourth-order valence-corrected chi connectivity index (χ4v) is 4.82. The summed E-state index contributed by atoms with van der Waals surface area (Å²) in [6, 6.07) is 23.8. The molecule has 0 saturated heterocycles. The van der Waals surface area contributed by atoms with Crippen molar-refractivity contribution < 1.29 is 4.74 Å². The summed E-state index contributed by atoms with van der Waals surface area (Å²) < 4.78 is 9.30. The molecule has 1 aliphatic heterocycles. The van der Waals surface area contributed by atoms with Gasteiger partial charge in [-0.05, 0) is 61.2 Å². The molecule has 3 aromatic carbocycles. The van der Waals surface area contributed by atoms with E-state index >= 15 is 0 Å². The monoisotopic (exact) mass is 478 g/mol. The fraction of sp³-hybridized carbons (Fsp3) is 0.300. The molecule has 0 saturated carbocycles. The van der Waals surface area contributed by atoms with Crippen molar-refractivity contribution in [3.05, 3.63) is 99.7 Å². The van der Waals surface area contributed by atoms with Gasteiger partial charge in [0, 0.05) is 18.4 Å². The lowest BCUT2D eigenvalue weighted by Crippen LogP contribution is -2.25. The predicted octanol–water partition coefficient (Wildman–Crippen LogP) is 5.68. The zero-order valence-electron chi connectivity index (χ0n) is 21.0. The molecule has 182 valence electrons. The minimum Gasteiger partial charge on any atom is -0.487 e. The van der Waals surface area contributed by atoms with Gasteiger partial charge in [0.05, 0.1) is 23.9 Å². The Labute approximate surface area is 211 Å². The second kappa shape index (κ2) is 9.50. The number of benzene rings is 3. The molecule has 0 bridgehead atoms. The van der Waals surface area contributed by atoms with Gasteiger partial charge in [0.2, 0.25) is 0 Å². The number of rotatable bonds is 7. The zero-order valence-corrected chi connectivity index (χ0v) is 21.0. The molecule has 0 atom stereocenters. The van der Waals surface area contributed by atoms with Crippen LogP contribution in [0.3, 0.4) is 0 Å². The molecule has 1 aromatic heterocycles. The average Bonchev–Trinajstić information content (AvgIpc) is 3.36. The summed E-state index contributed by atoms with van der Waals surface area (Å²) >= 11 is 0. The first-order chi connectivity index (χ1) is 17.4. The van der Waals surface area contributed by atoms with Gasteiger partial charge in [-0.15, -0.1) is 5.10 Å². The highest BCUT2D eigenvalue weighted by Crippen LogP contribution is 2.35. The predicted molar refractivity (Wildman–Crippen MR) is 141 cm³/mol. The van der Waals surface area contributed by atoms with Gasteiger partial charge in [-0.3, -0.25) is 4.57 Å². The van der Waals surface area contributed by atoms with Crippen molar-refractivity contribution in [2.24, 2.45) is 0 Å². The van der Waals surface area contributed by atoms with Crippen LogP contribution in [0.2, 0.25) is 0 Å². The SMILES string of the molecule is CCCCc1nn(-c2ccc3c(c2)CC(C)(C)O3)c(=O)n1Cc1ccc(-c2ccccc2C#N)cc1. The van der Waals surface area contributed by atoms with Crippen LogP contribution < -0.4 is 10.4 Å².